The molecule has 0 aromatic heterocycles. The number of hydrogen-bond acceptors (Lipinski definition) is 4. The zero-order valence-electron chi connectivity index (χ0n) is 17.9. The maximum absolute atomic E-state index is 13.2. The molecule has 0 heterocycles. The summed E-state index contributed by atoms with van der Waals surface area (Å²) >= 11 is 7.28. The Morgan fingerprint density at radius 3 is 2.24 bits per heavy atom. The SMILES string of the molecule is CCCC(=O)Nc1ccc(SC(C(=O)Nc2ccc(Cl)c(C(=O)O)c2)c2ccccc2)cc1. The van der Waals surface area contributed by atoms with E-state index in [0.717, 1.165) is 16.9 Å². The molecular formula is C25H23ClN2O4S. The number of anilines is 2. The minimum absolute atomic E-state index is 0.0388. The van der Waals surface area contributed by atoms with E-state index in [0.29, 0.717) is 17.8 Å². The lowest BCUT2D eigenvalue weighted by molar-refractivity contribution is -0.116. The lowest BCUT2D eigenvalue weighted by atomic mass is 10.1. The molecule has 170 valence electrons. The number of carboxylic acids is 1. The van der Waals surface area contributed by atoms with Crippen molar-refractivity contribution in [3.8, 4) is 0 Å². The first-order valence-electron chi connectivity index (χ1n) is 10.3. The van der Waals surface area contributed by atoms with Crippen molar-refractivity contribution in [2.45, 2.75) is 29.9 Å². The van der Waals surface area contributed by atoms with Crippen molar-refractivity contribution < 1.29 is 19.5 Å². The van der Waals surface area contributed by atoms with Crippen LogP contribution < -0.4 is 10.6 Å². The predicted octanol–water partition coefficient (Wildman–Crippen LogP) is 6.25. The maximum Gasteiger partial charge on any atom is 0.337 e. The van der Waals surface area contributed by atoms with E-state index in [9.17, 15) is 19.5 Å². The molecule has 1 atom stereocenters. The molecule has 6 nitrogen and oxygen atoms in total. The molecule has 1 unspecified atom stereocenters. The van der Waals surface area contributed by atoms with Crippen molar-refractivity contribution in [2.24, 2.45) is 0 Å². The molecular weight excluding hydrogens is 460 g/mol. The molecule has 0 saturated carbocycles. The monoisotopic (exact) mass is 482 g/mol. The third kappa shape index (κ3) is 6.84. The number of benzene rings is 3. The summed E-state index contributed by atoms with van der Waals surface area (Å²) in [5.74, 6) is -1.51. The van der Waals surface area contributed by atoms with Gasteiger partial charge in [0.05, 0.1) is 10.6 Å². The topological polar surface area (TPSA) is 95.5 Å². The van der Waals surface area contributed by atoms with Crippen LogP contribution in [-0.4, -0.2) is 22.9 Å². The van der Waals surface area contributed by atoms with Gasteiger partial charge in [0.25, 0.3) is 0 Å². The van der Waals surface area contributed by atoms with Crippen molar-refractivity contribution in [3.05, 3.63) is 88.9 Å². The van der Waals surface area contributed by atoms with E-state index in [1.165, 1.54) is 23.9 Å². The Morgan fingerprint density at radius 1 is 0.939 bits per heavy atom. The summed E-state index contributed by atoms with van der Waals surface area (Å²) in [5, 5.41) is 14.4. The molecule has 3 aromatic carbocycles. The molecule has 0 saturated heterocycles. The predicted molar refractivity (Wildman–Crippen MR) is 132 cm³/mol. The second-order valence-electron chi connectivity index (χ2n) is 7.22. The van der Waals surface area contributed by atoms with Gasteiger partial charge in [-0.1, -0.05) is 48.9 Å². The highest BCUT2D eigenvalue weighted by atomic mass is 35.5. The van der Waals surface area contributed by atoms with Crippen LogP contribution in [0.4, 0.5) is 11.4 Å². The van der Waals surface area contributed by atoms with Gasteiger partial charge in [-0.2, -0.15) is 0 Å². The van der Waals surface area contributed by atoms with Crippen LogP contribution in [0.15, 0.2) is 77.7 Å². The molecule has 8 heteroatoms. The van der Waals surface area contributed by atoms with Crippen LogP contribution in [-0.2, 0) is 9.59 Å². The number of rotatable bonds is 9. The molecule has 0 fully saturated rings. The van der Waals surface area contributed by atoms with Gasteiger partial charge in [-0.15, -0.1) is 11.8 Å². The summed E-state index contributed by atoms with van der Waals surface area (Å²) in [6.07, 6.45) is 1.23. The summed E-state index contributed by atoms with van der Waals surface area (Å²) < 4.78 is 0. The fourth-order valence-corrected chi connectivity index (χ4v) is 4.30. The van der Waals surface area contributed by atoms with Gasteiger partial charge >= 0.3 is 5.97 Å². The molecule has 0 aliphatic carbocycles. The molecule has 0 bridgehead atoms. The van der Waals surface area contributed by atoms with Crippen LogP contribution in [0, 0.1) is 0 Å². The van der Waals surface area contributed by atoms with Gasteiger partial charge in [0, 0.05) is 22.7 Å². The van der Waals surface area contributed by atoms with Crippen molar-refractivity contribution in [1.82, 2.24) is 0 Å². The average molecular weight is 483 g/mol. The molecule has 33 heavy (non-hydrogen) atoms. The molecule has 3 rings (SSSR count). The van der Waals surface area contributed by atoms with Gasteiger partial charge in [-0.3, -0.25) is 9.59 Å². The number of thioether (sulfide) groups is 1. The number of aromatic carboxylic acids is 1. The van der Waals surface area contributed by atoms with E-state index in [1.54, 1.807) is 18.2 Å². The third-order valence-electron chi connectivity index (χ3n) is 4.67. The number of hydrogen-bond donors (Lipinski definition) is 3. The van der Waals surface area contributed by atoms with Crippen molar-refractivity contribution in [3.63, 3.8) is 0 Å². The molecule has 2 amide bonds. The number of carbonyl (C=O) groups is 3. The fraction of sp³-hybridized carbons (Fsp3) is 0.160. The van der Waals surface area contributed by atoms with E-state index in [-0.39, 0.29) is 22.4 Å². The number of carbonyl (C=O) groups excluding carboxylic acids is 2. The lowest BCUT2D eigenvalue weighted by Crippen LogP contribution is -2.19. The Labute approximate surface area is 201 Å². The van der Waals surface area contributed by atoms with Crippen molar-refractivity contribution in [2.75, 3.05) is 10.6 Å². The van der Waals surface area contributed by atoms with E-state index in [4.69, 9.17) is 11.6 Å². The van der Waals surface area contributed by atoms with Crippen LogP contribution in [0.5, 0.6) is 0 Å². The van der Waals surface area contributed by atoms with Crippen molar-refractivity contribution in [1.29, 1.82) is 0 Å². The van der Waals surface area contributed by atoms with E-state index >= 15 is 0 Å². The lowest BCUT2D eigenvalue weighted by Gasteiger charge is -2.18. The summed E-state index contributed by atoms with van der Waals surface area (Å²) in [5.41, 5.74) is 1.75. The second-order valence-corrected chi connectivity index (χ2v) is 8.81. The van der Waals surface area contributed by atoms with E-state index in [2.05, 4.69) is 10.6 Å². The van der Waals surface area contributed by atoms with Crippen molar-refractivity contribution >= 4 is 52.5 Å². The largest absolute Gasteiger partial charge is 0.478 e. The number of halogens is 1. The normalized spacial score (nSPS) is 11.5. The Bertz CT molecular complexity index is 1140. The molecule has 0 aliphatic rings. The van der Waals surface area contributed by atoms with Gasteiger partial charge in [-0.25, -0.2) is 4.79 Å². The summed E-state index contributed by atoms with van der Waals surface area (Å²) in [4.78, 5) is 37.2. The molecule has 3 aromatic rings. The number of carboxylic acid groups (broad SMARTS) is 1. The molecule has 0 spiro atoms. The maximum atomic E-state index is 13.2. The van der Waals surface area contributed by atoms with Gasteiger partial charge < -0.3 is 15.7 Å². The number of nitrogens with one attached hydrogen (secondary N) is 2. The summed E-state index contributed by atoms with van der Waals surface area (Å²) in [6, 6.07) is 20.9. The second kappa shape index (κ2) is 11.5. The summed E-state index contributed by atoms with van der Waals surface area (Å²) in [6.45, 7) is 1.95. The zero-order chi connectivity index (χ0) is 23.8. The number of amides is 2. The third-order valence-corrected chi connectivity index (χ3v) is 6.27. The molecule has 0 aliphatic heterocycles. The Morgan fingerprint density at radius 2 is 1.61 bits per heavy atom. The minimum atomic E-state index is -1.17. The smallest absolute Gasteiger partial charge is 0.337 e. The Balaban J connectivity index is 1.80. The van der Waals surface area contributed by atoms with Crippen LogP contribution in [0.3, 0.4) is 0 Å². The highest BCUT2D eigenvalue weighted by Crippen LogP contribution is 2.37. The average Bonchev–Trinajstić information content (AvgIpc) is 2.80. The van der Waals surface area contributed by atoms with Gasteiger partial charge in [0.2, 0.25) is 11.8 Å². The first kappa shape index (κ1) is 24.4. The first-order chi connectivity index (χ1) is 15.9. The highest BCUT2D eigenvalue weighted by molar-refractivity contribution is 8.00. The first-order valence-corrected chi connectivity index (χ1v) is 11.6. The van der Waals surface area contributed by atoms with Crippen LogP contribution in [0.1, 0.15) is 40.9 Å². The Hall–Kier alpha value is -3.29. The zero-order valence-corrected chi connectivity index (χ0v) is 19.5. The van der Waals surface area contributed by atoms with Crippen LogP contribution in [0.2, 0.25) is 5.02 Å². The standard InChI is InChI=1S/C25H23ClN2O4S/c1-2-6-22(29)27-17-9-12-19(13-10-17)33-23(16-7-4-3-5-8-16)24(30)28-18-11-14-21(26)20(15-18)25(31)32/h3-5,7-15,23H,2,6H2,1H3,(H,27,29)(H,28,30)(H,31,32). The van der Waals surface area contributed by atoms with Gasteiger partial charge in [0.15, 0.2) is 0 Å². The Kier molecular flexibility index (Phi) is 8.52. The highest BCUT2D eigenvalue weighted by Gasteiger charge is 2.23. The quantitative estimate of drug-likeness (QED) is 0.313. The van der Waals surface area contributed by atoms with E-state index < -0.39 is 11.2 Å². The van der Waals surface area contributed by atoms with Crippen LogP contribution >= 0.6 is 23.4 Å². The van der Waals surface area contributed by atoms with Gasteiger partial charge in [-0.05, 0) is 54.4 Å². The van der Waals surface area contributed by atoms with Gasteiger partial charge in [0.1, 0.15) is 5.25 Å². The summed E-state index contributed by atoms with van der Waals surface area (Å²) in [7, 11) is 0. The fourth-order valence-electron chi connectivity index (χ4n) is 3.08. The van der Waals surface area contributed by atoms with E-state index in [1.807, 2.05) is 49.4 Å². The van der Waals surface area contributed by atoms with Crippen LogP contribution in [0.25, 0.3) is 0 Å². The molecule has 3 N–H and O–H groups in total. The minimum Gasteiger partial charge on any atom is -0.478 e. The molecule has 0 radical (unpaired) electrons.